The molecule has 71 heavy (non-hydrogen) atoms. The van der Waals surface area contributed by atoms with Gasteiger partial charge in [0.05, 0.1) is 64.4 Å². The maximum Gasteiger partial charge on any atom is 0.252 e. The average Bonchev–Trinajstić information content (AvgIpc) is 3.35. The number of carboxylic acid groups (broad SMARTS) is 3. The van der Waals surface area contributed by atoms with Crippen LogP contribution >= 0.6 is 0 Å². The number of unbranched alkanes of at least 4 members (excludes halogenated alkanes) is 32. The number of nitriles is 2. The van der Waals surface area contributed by atoms with Crippen LogP contribution in [0.25, 0.3) is 0 Å². The molecule has 424 valence electrons. The third-order valence-electron chi connectivity index (χ3n) is 11.1. The molecule has 15 nitrogen and oxygen atoms in total. The van der Waals surface area contributed by atoms with Crippen molar-refractivity contribution in [2.24, 2.45) is 0 Å². The molecule has 0 aromatic carbocycles. The quantitative estimate of drug-likeness (QED) is 0.0292. The molecule has 0 radical (unpaired) electrons. The second-order valence-corrected chi connectivity index (χ2v) is 18.0. The Morgan fingerprint density at radius 3 is 0.915 bits per heavy atom. The number of carbonyl (C=O) groups excluding carboxylic acids is 3. The number of ether oxygens (including phenoxy) is 4. The lowest BCUT2D eigenvalue weighted by atomic mass is 10.0. The van der Waals surface area contributed by atoms with Crippen LogP contribution in [-0.4, -0.2) is 78.2 Å². The minimum atomic E-state index is -1.58. The molecule has 0 amide bonds. The SMILES string of the molecule is CCCCCCCCCCCCCCCCCCOC(=O)[O-].CCCCCCCCCCCCCCCCCC[NH3+].CCCC[NH2+]CCCC.COCCOC(=O)[O-].N#CCCOC(=O)[O-].N#CCC[NH3+]. The van der Waals surface area contributed by atoms with Gasteiger partial charge in [-0.05, 0) is 32.1 Å². The first kappa shape index (κ1) is 79.0. The molecular weight excluding hydrogens is 903 g/mol. The summed E-state index contributed by atoms with van der Waals surface area (Å²) in [6.07, 6.45) is 45.9. The Labute approximate surface area is 436 Å². The van der Waals surface area contributed by atoms with Crippen LogP contribution in [0.1, 0.15) is 272 Å². The van der Waals surface area contributed by atoms with Gasteiger partial charge >= 0.3 is 0 Å². The molecule has 0 saturated heterocycles. The van der Waals surface area contributed by atoms with Gasteiger partial charge in [0.15, 0.2) is 0 Å². The lowest BCUT2D eigenvalue weighted by Crippen LogP contribution is -2.84. The molecule has 0 aliphatic heterocycles. The summed E-state index contributed by atoms with van der Waals surface area (Å²) in [5.74, 6) is 0. The van der Waals surface area contributed by atoms with E-state index in [2.05, 4.69) is 63.4 Å². The van der Waals surface area contributed by atoms with E-state index in [0.717, 1.165) is 25.9 Å². The molecule has 0 heterocycles. The zero-order valence-electron chi connectivity index (χ0n) is 47.0. The number of nitrogens with two attached hydrogens (primary N) is 1. The largest absolute Gasteiger partial charge is 0.550 e. The third kappa shape index (κ3) is 113. The summed E-state index contributed by atoms with van der Waals surface area (Å²) in [6, 6.07) is 3.66. The predicted molar refractivity (Wildman–Crippen MR) is 282 cm³/mol. The smallest absolute Gasteiger partial charge is 0.252 e. The lowest BCUT2D eigenvalue weighted by Gasteiger charge is -2.07. The van der Waals surface area contributed by atoms with Crippen molar-refractivity contribution in [1.82, 2.24) is 0 Å². The van der Waals surface area contributed by atoms with E-state index in [1.807, 2.05) is 6.07 Å². The highest BCUT2D eigenvalue weighted by atomic mass is 16.7. The zero-order valence-corrected chi connectivity index (χ0v) is 47.0. The molecule has 0 spiro atoms. The molecule has 0 atom stereocenters. The Kier molecular flexibility index (Phi) is 93.0. The van der Waals surface area contributed by atoms with E-state index >= 15 is 0 Å². The third-order valence-corrected chi connectivity index (χ3v) is 11.1. The molecule has 0 aromatic heterocycles. The van der Waals surface area contributed by atoms with Crippen molar-refractivity contribution in [2.75, 3.05) is 59.7 Å². The first-order chi connectivity index (χ1) is 34.6. The van der Waals surface area contributed by atoms with E-state index in [1.54, 1.807) is 6.07 Å². The Bertz CT molecular complexity index is 1040. The summed E-state index contributed by atoms with van der Waals surface area (Å²) in [4.78, 5) is 28.9. The Balaban J connectivity index is -0.000000193. The Morgan fingerprint density at radius 1 is 0.380 bits per heavy atom. The van der Waals surface area contributed by atoms with Crippen LogP contribution in [0.3, 0.4) is 0 Å². The van der Waals surface area contributed by atoms with Crippen LogP contribution in [0.15, 0.2) is 0 Å². The van der Waals surface area contributed by atoms with E-state index in [-0.39, 0.29) is 26.2 Å². The van der Waals surface area contributed by atoms with Gasteiger partial charge in [-0.1, -0.05) is 227 Å². The number of nitrogens with zero attached hydrogens (tertiary/aromatic N) is 2. The summed E-state index contributed by atoms with van der Waals surface area (Å²) >= 11 is 0. The van der Waals surface area contributed by atoms with Crippen LogP contribution in [0.2, 0.25) is 0 Å². The lowest BCUT2D eigenvalue weighted by molar-refractivity contribution is -0.655. The van der Waals surface area contributed by atoms with E-state index in [0.29, 0.717) is 13.0 Å². The molecule has 0 aliphatic rings. The van der Waals surface area contributed by atoms with Gasteiger partial charge in [0.1, 0.15) is 0 Å². The summed E-state index contributed by atoms with van der Waals surface area (Å²) < 4.78 is 16.7. The van der Waals surface area contributed by atoms with Crippen LogP contribution in [0.5, 0.6) is 0 Å². The van der Waals surface area contributed by atoms with Crippen molar-refractivity contribution in [3.8, 4) is 12.1 Å². The van der Waals surface area contributed by atoms with Gasteiger partial charge in [-0.2, -0.15) is 10.5 Å². The van der Waals surface area contributed by atoms with Gasteiger partial charge in [-0.15, -0.1) is 0 Å². The van der Waals surface area contributed by atoms with Crippen molar-refractivity contribution >= 4 is 18.5 Å². The average molecular weight is 1020 g/mol. The van der Waals surface area contributed by atoms with Gasteiger partial charge in [0, 0.05) is 20.3 Å². The molecule has 8 N–H and O–H groups in total. The molecule has 0 bridgehead atoms. The second-order valence-electron chi connectivity index (χ2n) is 18.0. The summed E-state index contributed by atoms with van der Waals surface area (Å²) in [5, 5.41) is 47.0. The molecule has 0 aliphatic carbocycles. The van der Waals surface area contributed by atoms with Gasteiger partial charge in [-0.25, -0.2) is 0 Å². The molecule has 0 fully saturated rings. The first-order valence-corrected chi connectivity index (χ1v) is 28.7. The Morgan fingerprint density at radius 2 is 0.662 bits per heavy atom. The van der Waals surface area contributed by atoms with Crippen molar-refractivity contribution < 1.29 is 65.4 Å². The molecule has 0 aromatic rings. The van der Waals surface area contributed by atoms with E-state index in [9.17, 15) is 29.7 Å². The topological polar surface area (TPSA) is 277 Å². The highest BCUT2D eigenvalue weighted by Gasteiger charge is 1.96. The fourth-order valence-corrected chi connectivity index (χ4v) is 6.84. The van der Waals surface area contributed by atoms with Crippen LogP contribution in [0, 0.1) is 22.7 Å². The molecule has 0 saturated carbocycles. The maximum atomic E-state index is 10.0. The molecular formula is C56H115N5O10. The predicted octanol–water partition coefficient (Wildman–Crippen LogP) is 9.64. The Hall–Kier alpha value is -3.37. The van der Waals surface area contributed by atoms with Crippen molar-refractivity contribution in [1.29, 1.82) is 10.5 Å². The minimum absolute atomic E-state index is 0.0405. The van der Waals surface area contributed by atoms with E-state index in [1.165, 1.54) is 239 Å². The maximum absolute atomic E-state index is 10.0. The molecule has 15 heteroatoms. The van der Waals surface area contributed by atoms with Crippen LogP contribution in [0.4, 0.5) is 14.4 Å². The normalized spacial score (nSPS) is 9.82. The highest BCUT2D eigenvalue weighted by Crippen LogP contribution is 2.15. The zero-order chi connectivity index (χ0) is 54.2. The van der Waals surface area contributed by atoms with Gasteiger partial charge < -0.3 is 65.4 Å². The fourth-order valence-electron chi connectivity index (χ4n) is 6.84. The number of hydrogen-bond acceptors (Lipinski definition) is 12. The number of rotatable bonds is 45. The van der Waals surface area contributed by atoms with Crippen molar-refractivity contribution in [3.05, 3.63) is 0 Å². The van der Waals surface area contributed by atoms with Crippen LogP contribution in [-0.2, 0) is 18.9 Å². The molecule has 0 unspecified atom stereocenters. The van der Waals surface area contributed by atoms with Crippen LogP contribution < -0.4 is 32.1 Å². The second kappa shape index (κ2) is 83.5. The van der Waals surface area contributed by atoms with Gasteiger partial charge in [0.2, 0.25) is 0 Å². The van der Waals surface area contributed by atoms with Gasteiger partial charge in [0.25, 0.3) is 18.5 Å². The van der Waals surface area contributed by atoms with E-state index in [4.69, 9.17) is 10.5 Å². The van der Waals surface area contributed by atoms with Gasteiger partial charge in [-0.3, -0.25) is 0 Å². The number of carbonyl (C=O) groups is 3. The van der Waals surface area contributed by atoms with E-state index < -0.39 is 18.5 Å². The summed E-state index contributed by atoms with van der Waals surface area (Å²) in [6.45, 7) is 14.1. The minimum Gasteiger partial charge on any atom is -0.550 e. The summed E-state index contributed by atoms with van der Waals surface area (Å²) in [7, 11) is 1.46. The number of methoxy groups -OCH3 is 1. The summed E-state index contributed by atoms with van der Waals surface area (Å²) in [5.41, 5.74) is 7.34. The fraction of sp³-hybridized carbons (Fsp3) is 0.911. The highest BCUT2D eigenvalue weighted by molar-refractivity contribution is 5.54. The molecule has 0 rings (SSSR count). The monoisotopic (exact) mass is 1020 g/mol. The first-order valence-electron chi connectivity index (χ1n) is 28.7. The van der Waals surface area contributed by atoms with Crippen molar-refractivity contribution in [2.45, 2.75) is 272 Å². The standard InChI is InChI=1S/C19H38O3.C18H39N.C8H19N.C4H5NO3.C4H8O4.C3H6N2/c1-2-3-4-5-6-7-8-9-10-11-12-13-14-15-16-17-18-22-19(20)21;1-2-3-4-5-6-7-8-9-10-11-12-13-14-15-16-17-18-19;1-3-5-7-9-8-6-4-2;5-2-1-3-8-4(6)7;1-7-2-3-8-4(5)6;4-2-1-3-5/h2-18H2,1H3,(H,20,21);2-19H2,1H3;9H,3-8H2,1-2H3;1,3H2,(H,6,7);2-3H2,1H3,(H,5,6);1-2,4H2. The number of quaternary nitrogens is 3. The van der Waals surface area contributed by atoms with Crippen molar-refractivity contribution in [3.63, 3.8) is 0 Å². The number of hydrogen-bond donors (Lipinski definition) is 3.